The first-order valence-corrected chi connectivity index (χ1v) is 6.16. The van der Waals surface area contributed by atoms with Gasteiger partial charge in [0.05, 0.1) is 12.0 Å². The highest BCUT2D eigenvalue weighted by Crippen LogP contribution is 2.18. The number of hydrogen-bond donors (Lipinski definition) is 2. The molecule has 2 N–H and O–H groups in total. The quantitative estimate of drug-likeness (QED) is 0.844. The van der Waals surface area contributed by atoms with E-state index < -0.39 is 47.4 Å². The molecule has 1 heterocycles. The standard InChI is InChI=1S/C13H12F2N2O4/c14-8-3-1-2-7(11(8)15)13(21)17-5-4-16-12(20)9(17)6-10(18)19/h1-3,9H,4-6H2,(H,16,20)(H,18,19). The van der Waals surface area contributed by atoms with Crippen molar-refractivity contribution in [3.05, 3.63) is 35.4 Å². The predicted octanol–water partition coefficient (Wildman–Crippen LogP) is 0.380. The van der Waals surface area contributed by atoms with Gasteiger partial charge in [0.15, 0.2) is 11.6 Å². The zero-order chi connectivity index (χ0) is 15.6. The molecule has 1 unspecified atom stereocenters. The number of carboxylic acid groups (broad SMARTS) is 1. The summed E-state index contributed by atoms with van der Waals surface area (Å²) in [6.45, 7) is 0.149. The minimum absolute atomic E-state index is 0.0263. The summed E-state index contributed by atoms with van der Waals surface area (Å²) < 4.78 is 26.8. The third kappa shape index (κ3) is 2.99. The number of carbonyl (C=O) groups excluding carboxylic acids is 2. The summed E-state index contributed by atoms with van der Waals surface area (Å²) >= 11 is 0. The van der Waals surface area contributed by atoms with Crippen LogP contribution in [0, 0.1) is 11.6 Å². The van der Waals surface area contributed by atoms with Crippen molar-refractivity contribution in [2.24, 2.45) is 0 Å². The smallest absolute Gasteiger partial charge is 0.305 e. The number of benzene rings is 1. The van der Waals surface area contributed by atoms with E-state index in [1.54, 1.807) is 0 Å². The molecule has 0 radical (unpaired) electrons. The monoisotopic (exact) mass is 298 g/mol. The molecule has 2 rings (SSSR count). The number of aliphatic carboxylic acids is 1. The van der Waals surface area contributed by atoms with E-state index in [4.69, 9.17) is 5.11 Å². The van der Waals surface area contributed by atoms with Gasteiger partial charge >= 0.3 is 5.97 Å². The van der Waals surface area contributed by atoms with Gasteiger partial charge in [-0.3, -0.25) is 14.4 Å². The number of amides is 2. The fourth-order valence-electron chi connectivity index (χ4n) is 2.15. The lowest BCUT2D eigenvalue weighted by Crippen LogP contribution is -2.57. The van der Waals surface area contributed by atoms with Gasteiger partial charge < -0.3 is 15.3 Å². The van der Waals surface area contributed by atoms with Crippen molar-refractivity contribution in [1.29, 1.82) is 0 Å². The van der Waals surface area contributed by atoms with E-state index in [0.717, 1.165) is 17.0 Å². The fraction of sp³-hybridized carbons (Fsp3) is 0.308. The van der Waals surface area contributed by atoms with Crippen LogP contribution >= 0.6 is 0 Å². The number of carboxylic acids is 1. The van der Waals surface area contributed by atoms with E-state index >= 15 is 0 Å². The molecule has 1 aliphatic heterocycles. The van der Waals surface area contributed by atoms with Crippen LogP contribution in [-0.4, -0.2) is 46.9 Å². The third-order valence-electron chi connectivity index (χ3n) is 3.14. The van der Waals surface area contributed by atoms with Crippen molar-refractivity contribution in [2.45, 2.75) is 12.5 Å². The molecule has 1 fully saturated rings. The lowest BCUT2D eigenvalue weighted by atomic mass is 10.1. The topological polar surface area (TPSA) is 86.7 Å². The van der Waals surface area contributed by atoms with Gasteiger partial charge in [-0.1, -0.05) is 6.07 Å². The van der Waals surface area contributed by atoms with Crippen LogP contribution in [0.2, 0.25) is 0 Å². The van der Waals surface area contributed by atoms with Gasteiger partial charge in [-0.25, -0.2) is 8.78 Å². The van der Waals surface area contributed by atoms with Crippen molar-refractivity contribution in [2.75, 3.05) is 13.1 Å². The average Bonchev–Trinajstić information content (AvgIpc) is 2.43. The van der Waals surface area contributed by atoms with Crippen LogP contribution in [0.4, 0.5) is 8.78 Å². The minimum atomic E-state index is -1.32. The van der Waals surface area contributed by atoms with Gasteiger partial charge in [0.2, 0.25) is 5.91 Å². The number of carbonyl (C=O) groups is 3. The van der Waals surface area contributed by atoms with Crippen LogP contribution in [-0.2, 0) is 9.59 Å². The normalized spacial score (nSPS) is 18.3. The van der Waals surface area contributed by atoms with Crippen molar-refractivity contribution in [3.63, 3.8) is 0 Å². The first-order chi connectivity index (χ1) is 9.91. The van der Waals surface area contributed by atoms with Gasteiger partial charge in [0.25, 0.3) is 5.91 Å². The number of rotatable bonds is 3. The first-order valence-electron chi connectivity index (χ1n) is 6.16. The van der Waals surface area contributed by atoms with Crippen molar-refractivity contribution in [3.8, 4) is 0 Å². The van der Waals surface area contributed by atoms with E-state index in [9.17, 15) is 23.2 Å². The van der Waals surface area contributed by atoms with E-state index in [1.165, 1.54) is 6.07 Å². The minimum Gasteiger partial charge on any atom is -0.481 e. The Morgan fingerprint density at radius 2 is 2.10 bits per heavy atom. The zero-order valence-electron chi connectivity index (χ0n) is 10.8. The van der Waals surface area contributed by atoms with E-state index in [-0.39, 0.29) is 13.1 Å². The third-order valence-corrected chi connectivity index (χ3v) is 3.14. The Morgan fingerprint density at radius 3 is 2.76 bits per heavy atom. The zero-order valence-corrected chi connectivity index (χ0v) is 10.8. The molecule has 0 aromatic heterocycles. The summed E-state index contributed by atoms with van der Waals surface area (Å²) in [7, 11) is 0. The fourth-order valence-corrected chi connectivity index (χ4v) is 2.15. The van der Waals surface area contributed by atoms with E-state index in [1.807, 2.05) is 0 Å². The van der Waals surface area contributed by atoms with Gasteiger partial charge in [0.1, 0.15) is 6.04 Å². The number of halogens is 2. The molecule has 0 spiro atoms. The van der Waals surface area contributed by atoms with E-state index in [2.05, 4.69) is 5.32 Å². The van der Waals surface area contributed by atoms with E-state index in [0.29, 0.717) is 0 Å². The summed E-state index contributed by atoms with van der Waals surface area (Å²) in [5, 5.41) is 11.2. The molecule has 0 bridgehead atoms. The van der Waals surface area contributed by atoms with Crippen LogP contribution in [0.15, 0.2) is 18.2 Å². The Labute approximate surface area is 118 Å². The maximum absolute atomic E-state index is 13.7. The second-order valence-electron chi connectivity index (χ2n) is 4.50. The maximum atomic E-state index is 13.7. The molecule has 112 valence electrons. The lowest BCUT2D eigenvalue weighted by molar-refractivity contribution is -0.142. The molecule has 1 aromatic rings. The second-order valence-corrected chi connectivity index (χ2v) is 4.50. The molecule has 2 amide bonds. The first kappa shape index (κ1) is 14.9. The summed E-state index contributed by atoms with van der Waals surface area (Å²) in [4.78, 5) is 35.7. The predicted molar refractivity (Wildman–Crippen MR) is 66.4 cm³/mol. The highest BCUT2D eigenvalue weighted by Gasteiger charge is 2.36. The highest BCUT2D eigenvalue weighted by molar-refractivity contribution is 5.99. The largest absolute Gasteiger partial charge is 0.481 e. The van der Waals surface area contributed by atoms with Crippen molar-refractivity contribution >= 4 is 17.8 Å². The number of nitrogens with one attached hydrogen (secondary N) is 1. The molecule has 1 aromatic carbocycles. The molecule has 1 atom stereocenters. The summed E-state index contributed by atoms with van der Waals surface area (Å²) in [5.74, 6) is -5.31. The molecule has 8 heteroatoms. The van der Waals surface area contributed by atoms with Crippen LogP contribution in [0.3, 0.4) is 0 Å². The Balaban J connectivity index is 2.32. The van der Waals surface area contributed by atoms with Crippen LogP contribution in [0.1, 0.15) is 16.8 Å². The Kier molecular flexibility index (Phi) is 4.15. The van der Waals surface area contributed by atoms with Gasteiger partial charge in [-0.15, -0.1) is 0 Å². The van der Waals surface area contributed by atoms with Gasteiger partial charge in [0, 0.05) is 13.1 Å². The van der Waals surface area contributed by atoms with Crippen molar-refractivity contribution < 1.29 is 28.3 Å². The maximum Gasteiger partial charge on any atom is 0.305 e. The summed E-state index contributed by atoms with van der Waals surface area (Å²) in [6, 6.07) is 1.88. The van der Waals surface area contributed by atoms with Crippen LogP contribution in [0.5, 0.6) is 0 Å². The lowest BCUT2D eigenvalue weighted by Gasteiger charge is -2.34. The van der Waals surface area contributed by atoms with Crippen LogP contribution in [0.25, 0.3) is 0 Å². The SMILES string of the molecule is O=C(O)CC1C(=O)NCCN1C(=O)c1cccc(F)c1F. The van der Waals surface area contributed by atoms with Gasteiger partial charge in [-0.05, 0) is 12.1 Å². The number of nitrogens with zero attached hydrogens (tertiary/aromatic N) is 1. The Hall–Kier alpha value is -2.51. The Bertz CT molecular complexity index is 606. The second kappa shape index (κ2) is 5.86. The molecule has 1 saturated heterocycles. The highest BCUT2D eigenvalue weighted by atomic mass is 19.2. The molecule has 0 saturated carbocycles. The Morgan fingerprint density at radius 1 is 1.38 bits per heavy atom. The summed E-state index contributed by atoms with van der Waals surface area (Å²) in [6.07, 6.45) is -0.603. The van der Waals surface area contributed by atoms with Crippen molar-refractivity contribution in [1.82, 2.24) is 10.2 Å². The molecule has 21 heavy (non-hydrogen) atoms. The molecule has 0 aliphatic carbocycles. The van der Waals surface area contributed by atoms with Gasteiger partial charge in [-0.2, -0.15) is 0 Å². The molecule has 6 nitrogen and oxygen atoms in total. The molecular formula is C13H12F2N2O4. The summed E-state index contributed by atoms with van der Waals surface area (Å²) in [5.41, 5.74) is -0.528. The molecular weight excluding hydrogens is 286 g/mol. The number of piperazine rings is 1. The molecule has 1 aliphatic rings. The number of hydrogen-bond acceptors (Lipinski definition) is 3. The average molecular weight is 298 g/mol. The van der Waals surface area contributed by atoms with Crippen LogP contribution < -0.4 is 5.32 Å².